The van der Waals surface area contributed by atoms with Crippen molar-refractivity contribution in [3.05, 3.63) is 24.3 Å². The van der Waals surface area contributed by atoms with E-state index in [2.05, 4.69) is 0 Å². The fourth-order valence-electron chi connectivity index (χ4n) is 2.61. The van der Waals surface area contributed by atoms with Crippen LogP contribution in [0.4, 0.5) is 11.4 Å². The summed E-state index contributed by atoms with van der Waals surface area (Å²) in [5.41, 5.74) is 17.2. The Labute approximate surface area is 144 Å². The first-order chi connectivity index (χ1) is 11.5. The van der Waals surface area contributed by atoms with Crippen LogP contribution < -0.4 is 17.2 Å². The van der Waals surface area contributed by atoms with Gasteiger partial charge in [0, 0.05) is 37.3 Å². The normalized spacial score (nSPS) is 14.2. The van der Waals surface area contributed by atoms with Crippen molar-refractivity contribution >= 4 is 23.2 Å². The summed E-state index contributed by atoms with van der Waals surface area (Å²) in [5.74, 6) is -0.0337. The Kier molecular flexibility index (Phi) is 9.34. The quantitative estimate of drug-likeness (QED) is 0.566. The Hall–Kier alpha value is -2.24. The third-order valence-corrected chi connectivity index (χ3v) is 3.93. The number of nitrogen functional groups attached to an aromatic ring is 2. The third-order valence-electron chi connectivity index (χ3n) is 3.93. The molecule has 24 heavy (non-hydrogen) atoms. The number of anilines is 2. The second kappa shape index (κ2) is 11.3. The van der Waals surface area contributed by atoms with Crippen molar-refractivity contribution in [1.29, 1.82) is 0 Å². The number of nitrogens with zero attached hydrogens (tertiary/aromatic N) is 1. The lowest BCUT2D eigenvalue weighted by Gasteiger charge is -2.20. The highest BCUT2D eigenvalue weighted by molar-refractivity contribution is 5.76. The highest BCUT2D eigenvalue weighted by Gasteiger charge is 2.14. The van der Waals surface area contributed by atoms with Crippen molar-refractivity contribution in [2.45, 2.75) is 51.4 Å². The van der Waals surface area contributed by atoms with Gasteiger partial charge in [-0.2, -0.15) is 0 Å². The molecule has 6 N–H and O–H groups in total. The molecule has 0 radical (unpaired) electrons. The van der Waals surface area contributed by atoms with Crippen LogP contribution >= 0.6 is 0 Å². The Morgan fingerprint density at radius 1 is 0.917 bits per heavy atom. The number of likely N-dealkylation sites (tertiary alicyclic amines) is 1. The standard InChI is InChI=1S/C12H22N2O2.C6H8N2/c13-11(15)7-3-4-8-12(16)14-9-5-1-2-6-10-14;7-5-2-1-3-6(8)4-5/h1-10H2,(H2,13,15);1-4H,7-8H2. The van der Waals surface area contributed by atoms with Gasteiger partial charge in [0.15, 0.2) is 0 Å². The fourth-order valence-corrected chi connectivity index (χ4v) is 2.61. The topological polar surface area (TPSA) is 115 Å². The number of hydrogen-bond acceptors (Lipinski definition) is 4. The van der Waals surface area contributed by atoms with Crippen LogP contribution in [0, 0.1) is 0 Å². The van der Waals surface area contributed by atoms with Gasteiger partial charge in [0.05, 0.1) is 0 Å². The zero-order valence-electron chi connectivity index (χ0n) is 14.4. The van der Waals surface area contributed by atoms with Crippen molar-refractivity contribution in [2.24, 2.45) is 5.73 Å². The van der Waals surface area contributed by atoms with Gasteiger partial charge in [-0.15, -0.1) is 0 Å². The van der Waals surface area contributed by atoms with Crippen molar-refractivity contribution in [3.8, 4) is 0 Å². The number of amides is 2. The van der Waals surface area contributed by atoms with Crippen LogP contribution in [0.5, 0.6) is 0 Å². The molecule has 1 fully saturated rings. The molecule has 0 unspecified atom stereocenters. The zero-order chi connectivity index (χ0) is 17.8. The van der Waals surface area contributed by atoms with Gasteiger partial charge in [-0.1, -0.05) is 18.9 Å². The van der Waals surface area contributed by atoms with Crippen LogP contribution in [0.1, 0.15) is 51.4 Å². The summed E-state index contributed by atoms with van der Waals surface area (Å²) in [6.45, 7) is 1.82. The van der Waals surface area contributed by atoms with Crippen LogP contribution in [0.3, 0.4) is 0 Å². The Balaban J connectivity index is 0.000000300. The van der Waals surface area contributed by atoms with Crippen LogP contribution in [0.15, 0.2) is 24.3 Å². The van der Waals surface area contributed by atoms with E-state index in [1.54, 1.807) is 18.2 Å². The fraction of sp³-hybridized carbons (Fsp3) is 0.556. The number of rotatable bonds is 5. The van der Waals surface area contributed by atoms with Crippen molar-refractivity contribution < 1.29 is 9.59 Å². The zero-order valence-corrected chi connectivity index (χ0v) is 14.4. The molecule has 1 aromatic rings. The van der Waals surface area contributed by atoms with E-state index in [-0.39, 0.29) is 11.8 Å². The Morgan fingerprint density at radius 2 is 1.46 bits per heavy atom. The first kappa shape index (κ1) is 19.8. The minimum Gasteiger partial charge on any atom is -0.399 e. The number of carbonyl (C=O) groups is 2. The molecule has 1 aliphatic heterocycles. The van der Waals surface area contributed by atoms with E-state index in [1.165, 1.54) is 12.8 Å². The molecule has 6 nitrogen and oxygen atoms in total. The minimum atomic E-state index is -0.276. The molecule has 1 aromatic carbocycles. The van der Waals surface area contributed by atoms with E-state index in [1.807, 2.05) is 11.0 Å². The average molecular weight is 334 g/mol. The van der Waals surface area contributed by atoms with Crippen molar-refractivity contribution in [3.63, 3.8) is 0 Å². The lowest BCUT2D eigenvalue weighted by atomic mass is 10.1. The molecule has 0 atom stereocenters. The molecule has 1 saturated heterocycles. The first-order valence-corrected chi connectivity index (χ1v) is 8.66. The maximum Gasteiger partial charge on any atom is 0.222 e. The summed E-state index contributed by atoms with van der Waals surface area (Å²) < 4.78 is 0. The van der Waals surface area contributed by atoms with Gasteiger partial charge >= 0.3 is 0 Å². The van der Waals surface area contributed by atoms with Gasteiger partial charge in [0.25, 0.3) is 0 Å². The van der Waals surface area contributed by atoms with E-state index >= 15 is 0 Å². The van der Waals surface area contributed by atoms with Gasteiger partial charge in [0.2, 0.25) is 11.8 Å². The summed E-state index contributed by atoms with van der Waals surface area (Å²) in [5, 5.41) is 0. The van der Waals surface area contributed by atoms with E-state index in [9.17, 15) is 9.59 Å². The van der Waals surface area contributed by atoms with Crippen molar-refractivity contribution in [2.75, 3.05) is 24.6 Å². The summed E-state index contributed by atoms with van der Waals surface area (Å²) in [6, 6.07) is 7.15. The van der Waals surface area contributed by atoms with Crippen LogP contribution in [-0.2, 0) is 9.59 Å². The molecule has 2 rings (SSSR count). The smallest absolute Gasteiger partial charge is 0.222 e. The second-order valence-corrected chi connectivity index (χ2v) is 6.14. The number of nitrogens with two attached hydrogens (primary N) is 3. The summed E-state index contributed by atoms with van der Waals surface area (Å²) in [4.78, 5) is 24.3. The molecule has 134 valence electrons. The molecule has 0 bridgehead atoms. The number of hydrogen-bond donors (Lipinski definition) is 3. The second-order valence-electron chi connectivity index (χ2n) is 6.14. The molecule has 0 aliphatic carbocycles. The van der Waals surface area contributed by atoms with Gasteiger partial charge < -0.3 is 22.1 Å². The van der Waals surface area contributed by atoms with Crippen LogP contribution in [-0.4, -0.2) is 29.8 Å². The Morgan fingerprint density at radius 3 is 1.92 bits per heavy atom. The first-order valence-electron chi connectivity index (χ1n) is 8.66. The number of benzene rings is 1. The molecular formula is C18H30N4O2. The van der Waals surface area contributed by atoms with E-state index in [4.69, 9.17) is 17.2 Å². The molecule has 0 saturated carbocycles. The molecule has 1 aliphatic rings. The predicted molar refractivity (Wildman–Crippen MR) is 98.0 cm³/mol. The number of carbonyl (C=O) groups excluding carboxylic acids is 2. The largest absolute Gasteiger partial charge is 0.399 e. The molecule has 0 aromatic heterocycles. The van der Waals surface area contributed by atoms with Gasteiger partial charge in [-0.25, -0.2) is 0 Å². The van der Waals surface area contributed by atoms with Gasteiger partial charge in [-0.3, -0.25) is 9.59 Å². The number of unbranched alkanes of at least 4 members (excludes halogenated alkanes) is 1. The van der Waals surface area contributed by atoms with E-state index in [0.717, 1.165) is 38.8 Å². The maximum atomic E-state index is 11.8. The average Bonchev–Trinajstić information content (AvgIpc) is 2.81. The monoisotopic (exact) mass is 334 g/mol. The summed E-state index contributed by atoms with van der Waals surface area (Å²) in [7, 11) is 0. The van der Waals surface area contributed by atoms with Crippen LogP contribution in [0.25, 0.3) is 0 Å². The SMILES string of the molecule is NC(=O)CCCCC(=O)N1CCCCCC1.Nc1cccc(N)c1. The van der Waals surface area contributed by atoms with Gasteiger partial charge in [0.1, 0.15) is 0 Å². The lowest BCUT2D eigenvalue weighted by molar-refractivity contribution is -0.131. The van der Waals surface area contributed by atoms with E-state index in [0.29, 0.717) is 24.2 Å². The molecule has 0 spiro atoms. The highest BCUT2D eigenvalue weighted by Crippen LogP contribution is 2.12. The molecule has 1 heterocycles. The predicted octanol–water partition coefficient (Wildman–Crippen LogP) is 2.29. The van der Waals surface area contributed by atoms with Crippen LogP contribution in [0.2, 0.25) is 0 Å². The number of primary amides is 1. The highest BCUT2D eigenvalue weighted by atomic mass is 16.2. The summed E-state index contributed by atoms with van der Waals surface area (Å²) in [6.07, 6.45) is 7.21. The molecule has 6 heteroatoms. The third kappa shape index (κ3) is 9.02. The summed E-state index contributed by atoms with van der Waals surface area (Å²) >= 11 is 0. The molecule has 2 amide bonds. The molecular weight excluding hydrogens is 304 g/mol. The van der Waals surface area contributed by atoms with E-state index < -0.39 is 0 Å². The Bertz CT molecular complexity index is 494. The van der Waals surface area contributed by atoms with Gasteiger partial charge in [-0.05, 0) is 43.9 Å². The lowest BCUT2D eigenvalue weighted by Crippen LogP contribution is -2.31. The maximum absolute atomic E-state index is 11.8. The minimum absolute atomic E-state index is 0.242. The van der Waals surface area contributed by atoms with Crippen molar-refractivity contribution in [1.82, 2.24) is 4.90 Å².